The number of pyridine rings is 3. The average molecular weight is 523 g/mol. The normalized spacial score (nSPS) is 11.9. The predicted molar refractivity (Wildman–Crippen MR) is 169 cm³/mol. The van der Waals surface area contributed by atoms with Crippen molar-refractivity contribution in [2.45, 2.75) is 0 Å². The van der Waals surface area contributed by atoms with Crippen molar-refractivity contribution >= 4 is 60.0 Å². The molecule has 0 saturated carbocycles. The molecule has 190 valence electrons. The predicted octanol–water partition coefficient (Wildman–Crippen LogP) is 9.22. The summed E-state index contributed by atoms with van der Waals surface area (Å²) in [6.45, 7) is 0. The number of rotatable bonds is 2. The molecule has 0 aliphatic heterocycles. The maximum absolute atomic E-state index is 5.13. The second kappa shape index (κ2) is 8.44. The lowest BCUT2D eigenvalue weighted by molar-refractivity contribution is 1.30. The highest BCUT2D eigenvalue weighted by molar-refractivity contribution is 6.22. The smallest absolute Gasteiger partial charge is 0.148 e. The Labute approximate surface area is 235 Å². The van der Waals surface area contributed by atoms with Gasteiger partial charge in [-0.15, -0.1) is 0 Å². The summed E-state index contributed by atoms with van der Waals surface area (Å²) in [6, 6.07) is 44.7. The van der Waals surface area contributed by atoms with Gasteiger partial charge in [0, 0.05) is 28.1 Å². The summed E-state index contributed by atoms with van der Waals surface area (Å²) in [4.78, 5) is 15.0. The Balaban J connectivity index is 1.32. The SMILES string of the molecule is c1cc(-c2ccc3ccccc3c2)nc(-c2ccc3c(c2)c2ccc4cccnc4c2c2nc4ccccc4n32)c1. The van der Waals surface area contributed by atoms with Crippen molar-refractivity contribution in [3.05, 3.63) is 134 Å². The van der Waals surface area contributed by atoms with Gasteiger partial charge in [-0.2, -0.15) is 0 Å². The van der Waals surface area contributed by atoms with Crippen LogP contribution in [0.5, 0.6) is 0 Å². The van der Waals surface area contributed by atoms with E-state index in [1.165, 1.54) is 10.8 Å². The molecule has 0 spiro atoms. The topological polar surface area (TPSA) is 43.1 Å². The number of hydrogen-bond acceptors (Lipinski definition) is 3. The molecule has 4 heterocycles. The van der Waals surface area contributed by atoms with Gasteiger partial charge < -0.3 is 0 Å². The maximum Gasteiger partial charge on any atom is 0.148 e. The van der Waals surface area contributed by atoms with Gasteiger partial charge in [-0.1, -0.05) is 78.9 Å². The van der Waals surface area contributed by atoms with E-state index < -0.39 is 0 Å². The van der Waals surface area contributed by atoms with Gasteiger partial charge in [0.15, 0.2) is 0 Å². The molecule has 0 amide bonds. The van der Waals surface area contributed by atoms with Gasteiger partial charge in [-0.05, 0) is 64.7 Å². The summed E-state index contributed by atoms with van der Waals surface area (Å²) >= 11 is 0. The first-order valence-electron chi connectivity index (χ1n) is 13.8. The molecule has 0 aliphatic rings. The lowest BCUT2D eigenvalue weighted by Gasteiger charge is -2.13. The second-order valence-electron chi connectivity index (χ2n) is 10.5. The molecule has 0 saturated heterocycles. The van der Waals surface area contributed by atoms with E-state index in [1.807, 2.05) is 18.3 Å². The van der Waals surface area contributed by atoms with Crippen LogP contribution >= 0.6 is 0 Å². The van der Waals surface area contributed by atoms with Crippen molar-refractivity contribution < 1.29 is 0 Å². The minimum absolute atomic E-state index is 0.933. The Kier molecular flexibility index (Phi) is 4.58. The summed E-state index contributed by atoms with van der Waals surface area (Å²) in [5, 5.41) is 6.91. The van der Waals surface area contributed by atoms with Gasteiger partial charge in [-0.3, -0.25) is 9.38 Å². The van der Waals surface area contributed by atoms with Gasteiger partial charge in [0.1, 0.15) is 5.65 Å². The number of hydrogen-bond donors (Lipinski definition) is 0. The van der Waals surface area contributed by atoms with Gasteiger partial charge in [0.05, 0.1) is 38.8 Å². The molecule has 4 heteroatoms. The van der Waals surface area contributed by atoms with Gasteiger partial charge >= 0.3 is 0 Å². The van der Waals surface area contributed by atoms with E-state index in [2.05, 4.69) is 120 Å². The van der Waals surface area contributed by atoms with E-state index in [0.717, 1.165) is 71.8 Å². The molecule has 0 radical (unpaired) electrons. The van der Waals surface area contributed by atoms with Crippen LogP contribution in [-0.2, 0) is 0 Å². The third-order valence-electron chi connectivity index (χ3n) is 8.18. The molecule has 0 unspecified atom stereocenters. The molecule has 9 aromatic rings. The highest BCUT2D eigenvalue weighted by Crippen LogP contribution is 2.37. The van der Waals surface area contributed by atoms with Gasteiger partial charge in [0.2, 0.25) is 0 Å². The standard InChI is InChI=1S/C37H22N4/c1-2-8-25-21-26(15-14-23(25)7-1)30-11-5-12-31(39-30)27-17-19-33-29(22-27)28-18-16-24-9-6-20-38-36(24)35(28)37-40-32-10-3-4-13-34(32)41(33)37/h1-22H. The number of fused-ring (bicyclic) bond motifs is 11. The van der Waals surface area contributed by atoms with E-state index in [1.54, 1.807) is 0 Å². The molecule has 0 bridgehead atoms. The zero-order valence-electron chi connectivity index (χ0n) is 22.0. The highest BCUT2D eigenvalue weighted by Gasteiger charge is 2.17. The minimum Gasteiger partial charge on any atom is -0.292 e. The van der Waals surface area contributed by atoms with Crippen molar-refractivity contribution in [1.29, 1.82) is 0 Å². The zero-order valence-corrected chi connectivity index (χ0v) is 22.0. The van der Waals surface area contributed by atoms with Crippen LogP contribution in [0.15, 0.2) is 134 Å². The molecule has 0 N–H and O–H groups in total. The first-order chi connectivity index (χ1) is 20.3. The Bertz CT molecular complexity index is 2490. The van der Waals surface area contributed by atoms with Crippen LogP contribution in [0.1, 0.15) is 0 Å². The summed E-state index contributed by atoms with van der Waals surface area (Å²) in [5.41, 5.74) is 9.17. The van der Waals surface area contributed by atoms with Crippen LogP contribution in [-0.4, -0.2) is 19.4 Å². The highest BCUT2D eigenvalue weighted by atomic mass is 15.0. The Morgan fingerprint density at radius 3 is 2.17 bits per heavy atom. The van der Waals surface area contributed by atoms with E-state index in [4.69, 9.17) is 15.0 Å². The lowest BCUT2D eigenvalue weighted by Crippen LogP contribution is -1.94. The van der Waals surface area contributed by atoms with Crippen LogP contribution in [0.4, 0.5) is 0 Å². The lowest BCUT2D eigenvalue weighted by atomic mass is 9.99. The van der Waals surface area contributed by atoms with Crippen LogP contribution in [0.2, 0.25) is 0 Å². The van der Waals surface area contributed by atoms with Crippen molar-refractivity contribution in [2.24, 2.45) is 0 Å². The number of imidazole rings is 1. The monoisotopic (exact) mass is 522 g/mol. The van der Waals surface area contributed by atoms with Crippen LogP contribution in [0, 0.1) is 0 Å². The minimum atomic E-state index is 0.933. The molecular formula is C37H22N4. The molecule has 0 atom stereocenters. The maximum atomic E-state index is 5.13. The van der Waals surface area contributed by atoms with E-state index >= 15 is 0 Å². The largest absolute Gasteiger partial charge is 0.292 e. The molecular weight excluding hydrogens is 500 g/mol. The number of aromatic nitrogens is 4. The van der Waals surface area contributed by atoms with E-state index in [0.29, 0.717) is 0 Å². The Morgan fingerprint density at radius 1 is 0.488 bits per heavy atom. The number of para-hydroxylation sites is 2. The third-order valence-corrected chi connectivity index (χ3v) is 8.18. The second-order valence-corrected chi connectivity index (χ2v) is 10.5. The Morgan fingerprint density at radius 2 is 1.24 bits per heavy atom. The zero-order chi connectivity index (χ0) is 26.9. The molecule has 0 fully saturated rings. The first kappa shape index (κ1) is 22.2. The number of benzene rings is 5. The molecule has 9 rings (SSSR count). The fourth-order valence-corrected chi connectivity index (χ4v) is 6.24. The Hall–Kier alpha value is -5.61. The number of nitrogens with zero attached hydrogens (tertiary/aromatic N) is 4. The van der Waals surface area contributed by atoms with Crippen molar-refractivity contribution in [1.82, 2.24) is 19.4 Å². The first-order valence-corrected chi connectivity index (χ1v) is 13.8. The summed E-state index contributed by atoms with van der Waals surface area (Å²) in [6.07, 6.45) is 1.86. The quantitative estimate of drug-likeness (QED) is 0.213. The van der Waals surface area contributed by atoms with Crippen molar-refractivity contribution in [3.8, 4) is 22.5 Å². The molecule has 5 aromatic carbocycles. The fraction of sp³-hybridized carbons (Fsp3) is 0. The summed E-state index contributed by atoms with van der Waals surface area (Å²) < 4.78 is 2.28. The molecule has 41 heavy (non-hydrogen) atoms. The third kappa shape index (κ3) is 3.31. The van der Waals surface area contributed by atoms with Crippen molar-refractivity contribution in [2.75, 3.05) is 0 Å². The van der Waals surface area contributed by atoms with Crippen molar-refractivity contribution in [3.63, 3.8) is 0 Å². The van der Waals surface area contributed by atoms with E-state index in [9.17, 15) is 0 Å². The fourth-order valence-electron chi connectivity index (χ4n) is 6.24. The molecule has 0 aliphatic carbocycles. The summed E-state index contributed by atoms with van der Waals surface area (Å²) in [5.74, 6) is 0. The molecule has 4 aromatic heterocycles. The van der Waals surface area contributed by atoms with Gasteiger partial charge in [-0.25, -0.2) is 9.97 Å². The summed E-state index contributed by atoms with van der Waals surface area (Å²) in [7, 11) is 0. The van der Waals surface area contributed by atoms with E-state index in [-0.39, 0.29) is 0 Å². The average Bonchev–Trinajstić information content (AvgIpc) is 3.44. The van der Waals surface area contributed by atoms with Gasteiger partial charge in [0.25, 0.3) is 0 Å². The van der Waals surface area contributed by atoms with Crippen LogP contribution in [0.3, 0.4) is 0 Å². The molecule has 4 nitrogen and oxygen atoms in total. The van der Waals surface area contributed by atoms with Crippen LogP contribution < -0.4 is 0 Å². The van der Waals surface area contributed by atoms with Crippen LogP contribution in [0.25, 0.3) is 82.5 Å².